The Kier molecular flexibility index (Phi) is 4.15. The zero-order valence-corrected chi connectivity index (χ0v) is 11.7. The van der Waals surface area contributed by atoms with Gasteiger partial charge >= 0.3 is 5.97 Å². The van der Waals surface area contributed by atoms with E-state index in [0.29, 0.717) is 19.4 Å². The summed E-state index contributed by atoms with van der Waals surface area (Å²) in [6.07, 6.45) is 1.02. The molecule has 1 heterocycles. The summed E-state index contributed by atoms with van der Waals surface area (Å²) in [6.45, 7) is 6.34. The van der Waals surface area contributed by atoms with Crippen LogP contribution in [0, 0.1) is 13.8 Å². The van der Waals surface area contributed by atoms with E-state index in [1.165, 1.54) is 16.3 Å². The number of benzene rings is 1. The highest BCUT2D eigenvalue weighted by atomic mass is 16.5. The largest absolute Gasteiger partial charge is 0.466 e. The number of pyridine rings is 1. The lowest BCUT2D eigenvalue weighted by Gasteiger charge is -2.07. The maximum Gasteiger partial charge on any atom is 0.306 e. The van der Waals surface area contributed by atoms with E-state index in [1.807, 2.05) is 13.8 Å². The van der Waals surface area contributed by atoms with Crippen LogP contribution in [0.4, 0.5) is 0 Å². The Labute approximate surface area is 113 Å². The molecule has 0 N–H and O–H groups in total. The third-order valence-electron chi connectivity index (χ3n) is 3.12. The predicted octanol–water partition coefficient (Wildman–Crippen LogP) is 3.35. The first-order chi connectivity index (χ1) is 9.10. The SMILES string of the molecule is CCOC(=O)CCc1cc2ccc(C)cc2c(C)n1. The first kappa shape index (κ1) is 13.5. The van der Waals surface area contributed by atoms with Crippen LogP contribution < -0.4 is 0 Å². The van der Waals surface area contributed by atoms with Crippen molar-refractivity contribution in [2.75, 3.05) is 6.61 Å². The molecule has 1 aromatic carbocycles. The van der Waals surface area contributed by atoms with Crippen molar-refractivity contribution in [3.8, 4) is 0 Å². The Bertz CT molecular complexity index is 605. The third kappa shape index (κ3) is 3.31. The van der Waals surface area contributed by atoms with Gasteiger partial charge in [0.2, 0.25) is 0 Å². The molecule has 0 bridgehead atoms. The second-order valence-electron chi connectivity index (χ2n) is 4.73. The molecule has 3 heteroatoms. The summed E-state index contributed by atoms with van der Waals surface area (Å²) in [5.74, 6) is -0.161. The molecule has 0 unspecified atom stereocenters. The molecule has 0 saturated carbocycles. The van der Waals surface area contributed by atoms with E-state index in [-0.39, 0.29) is 5.97 Å². The molecule has 0 fully saturated rings. The van der Waals surface area contributed by atoms with Crippen LogP contribution in [0.5, 0.6) is 0 Å². The molecule has 2 aromatic rings. The van der Waals surface area contributed by atoms with Gasteiger partial charge in [0.25, 0.3) is 0 Å². The summed E-state index contributed by atoms with van der Waals surface area (Å²) in [6, 6.07) is 8.40. The van der Waals surface area contributed by atoms with E-state index in [2.05, 4.69) is 36.2 Å². The standard InChI is InChI=1S/C16H19NO2/c1-4-19-16(18)8-7-14-10-13-6-5-11(2)9-15(13)12(3)17-14/h5-6,9-10H,4,7-8H2,1-3H3. The minimum atomic E-state index is -0.161. The van der Waals surface area contributed by atoms with E-state index in [0.717, 1.165) is 11.4 Å². The van der Waals surface area contributed by atoms with Gasteiger partial charge in [0.05, 0.1) is 13.0 Å². The number of aryl methyl sites for hydroxylation is 3. The molecule has 19 heavy (non-hydrogen) atoms. The van der Waals surface area contributed by atoms with E-state index in [1.54, 1.807) is 0 Å². The van der Waals surface area contributed by atoms with E-state index < -0.39 is 0 Å². The topological polar surface area (TPSA) is 39.2 Å². The van der Waals surface area contributed by atoms with Gasteiger partial charge in [-0.3, -0.25) is 9.78 Å². The Morgan fingerprint density at radius 1 is 1.26 bits per heavy atom. The van der Waals surface area contributed by atoms with Crippen LogP contribution in [0.3, 0.4) is 0 Å². The van der Waals surface area contributed by atoms with Crippen LogP contribution in [0.15, 0.2) is 24.3 Å². The molecule has 0 spiro atoms. The van der Waals surface area contributed by atoms with Gasteiger partial charge in [-0.05, 0) is 38.3 Å². The molecular weight excluding hydrogens is 238 g/mol. The highest BCUT2D eigenvalue weighted by Crippen LogP contribution is 2.20. The monoisotopic (exact) mass is 257 g/mol. The number of rotatable bonds is 4. The summed E-state index contributed by atoms with van der Waals surface area (Å²) in [5.41, 5.74) is 3.19. The summed E-state index contributed by atoms with van der Waals surface area (Å²) in [4.78, 5) is 15.9. The highest BCUT2D eigenvalue weighted by molar-refractivity contribution is 5.85. The summed E-state index contributed by atoms with van der Waals surface area (Å²) in [5, 5.41) is 2.36. The van der Waals surface area contributed by atoms with E-state index >= 15 is 0 Å². The van der Waals surface area contributed by atoms with Gasteiger partial charge in [-0.1, -0.05) is 17.7 Å². The molecular formula is C16H19NO2. The number of aromatic nitrogens is 1. The Morgan fingerprint density at radius 2 is 2.05 bits per heavy atom. The maximum atomic E-state index is 11.4. The second-order valence-corrected chi connectivity index (χ2v) is 4.73. The molecule has 2 rings (SSSR count). The van der Waals surface area contributed by atoms with Gasteiger partial charge in [-0.15, -0.1) is 0 Å². The Hall–Kier alpha value is -1.90. The zero-order valence-electron chi connectivity index (χ0n) is 11.7. The fourth-order valence-corrected chi connectivity index (χ4v) is 2.19. The number of carbonyl (C=O) groups is 1. The van der Waals surface area contributed by atoms with Crippen molar-refractivity contribution in [1.82, 2.24) is 4.98 Å². The van der Waals surface area contributed by atoms with Crippen LogP contribution in [0.1, 0.15) is 30.3 Å². The normalized spacial score (nSPS) is 10.7. The average Bonchev–Trinajstić information content (AvgIpc) is 2.38. The molecule has 0 saturated heterocycles. The van der Waals surface area contributed by atoms with Gasteiger partial charge < -0.3 is 4.74 Å². The quantitative estimate of drug-likeness (QED) is 0.788. The van der Waals surface area contributed by atoms with Crippen molar-refractivity contribution in [1.29, 1.82) is 0 Å². The lowest BCUT2D eigenvalue weighted by atomic mass is 10.0. The summed E-state index contributed by atoms with van der Waals surface area (Å²) in [7, 11) is 0. The molecule has 0 atom stereocenters. The van der Waals surface area contributed by atoms with Crippen molar-refractivity contribution in [2.45, 2.75) is 33.6 Å². The lowest BCUT2D eigenvalue weighted by Crippen LogP contribution is -2.06. The zero-order chi connectivity index (χ0) is 13.8. The first-order valence-electron chi connectivity index (χ1n) is 6.62. The predicted molar refractivity (Wildman–Crippen MR) is 76.2 cm³/mol. The number of esters is 1. The fraction of sp³-hybridized carbons (Fsp3) is 0.375. The number of nitrogens with zero attached hydrogens (tertiary/aromatic N) is 1. The van der Waals surface area contributed by atoms with Crippen LogP contribution in [0.2, 0.25) is 0 Å². The van der Waals surface area contributed by atoms with Crippen LogP contribution >= 0.6 is 0 Å². The molecule has 0 aliphatic rings. The summed E-state index contributed by atoms with van der Waals surface area (Å²) >= 11 is 0. The average molecular weight is 257 g/mol. The van der Waals surface area contributed by atoms with Crippen molar-refractivity contribution >= 4 is 16.7 Å². The number of hydrogen-bond donors (Lipinski definition) is 0. The maximum absolute atomic E-state index is 11.4. The molecule has 0 radical (unpaired) electrons. The van der Waals surface area contributed by atoms with Gasteiger partial charge in [0, 0.05) is 23.2 Å². The number of fused-ring (bicyclic) bond motifs is 1. The molecule has 3 nitrogen and oxygen atoms in total. The van der Waals surface area contributed by atoms with E-state index in [9.17, 15) is 4.79 Å². The number of carbonyl (C=O) groups excluding carboxylic acids is 1. The molecule has 1 aromatic heterocycles. The smallest absolute Gasteiger partial charge is 0.306 e. The molecule has 0 aliphatic heterocycles. The van der Waals surface area contributed by atoms with Gasteiger partial charge in [-0.2, -0.15) is 0 Å². The van der Waals surface area contributed by atoms with Crippen molar-refractivity contribution in [3.05, 3.63) is 41.2 Å². The lowest BCUT2D eigenvalue weighted by molar-refractivity contribution is -0.143. The van der Waals surface area contributed by atoms with Crippen molar-refractivity contribution < 1.29 is 9.53 Å². The third-order valence-corrected chi connectivity index (χ3v) is 3.12. The fourth-order valence-electron chi connectivity index (χ4n) is 2.19. The molecule has 0 aliphatic carbocycles. The molecule has 0 amide bonds. The van der Waals surface area contributed by atoms with Crippen LogP contribution in [-0.2, 0) is 16.0 Å². The van der Waals surface area contributed by atoms with Crippen LogP contribution in [-0.4, -0.2) is 17.6 Å². The second kappa shape index (κ2) is 5.83. The molecule has 100 valence electrons. The summed E-state index contributed by atoms with van der Waals surface area (Å²) < 4.78 is 4.93. The van der Waals surface area contributed by atoms with Crippen molar-refractivity contribution in [3.63, 3.8) is 0 Å². The number of hydrogen-bond acceptors (Lipinski definition) is 3. The van der Waals surface area contributed by atoms with Gasteiger partial charge in [-0.25, -0.2) is 0 Å². The minimum absolute atomic E-state index is 0.161. The minimum Gasteiger partial charge on any atom is -0.466 e. The van der Waals surface area contributed by atoms with Crippen molar-refractivity contribution in [2.24, 2.45) is 0 Å². The highest BCUT2D eigenvalue weighted by Gasteiger charge is 2.06. The Balaban J connectivity index is 2.21. The number of ether oxygens (including phenoxy) is 1. The Morgan fingerprint density at radius 3 is 2.79 bits per heavy atom. The van der Waals surface area contributed by atoms with Crippen LogP contribution in [0.25, 0.3) is 10.8 Å². The van der Waals surface area contributed by atoms with Gasteiger partial charge in [0.15, 0.2) is 0 Å². The first-order valence-corrected chi connectivity index (χ1v) is 6.62. The van der Waals surface area contributed by atoms with Gasteiger partial charge in [0.1, 0.15) is 0 Å². The van der Waals surface area contributed by atoms with E-state index in [4.69, 9.17) is 4.74 Å².